The minimum atomic E-state index is -0.974. The number of carboxylic acid groups (broad SMARTS) is 1. The van der Waals surface area contributed by atoms with Crippen LogP contribution in [0, 0.1) is 0 Å². The summed E-state index contributed by atoms with van der Waals surface area (Å²) in [6.07, 6.45) is 0.191. The van der Waals surface area contributed by atoms with E-state index in [1.54, 1.807) is 12.1 Å². The van der Waals surface area contributed by atoms with E-state index in [9.17, 15) is 9.90 Å². The molecule has 6 heteroatoms. The Kier molecular flexibility index (Phi) is 7.90. The third kappa shape index (κ3) is 6.76. The van der Waals surface area contributed by atoms with Gasteiger partial charge in [-0.15, -0.1) is 0 Å². The van der Waals surface area contributed by atoms with Crippen molar-refractivity contribution in [3.8, 4) is 28.4 Å². The van der Waals surface area contributed by atoms with Crippen molar-refractivity contribution in [1.82, 2.24) is 0 Å². The second-order valence-corrected chi connectivity index (χ2v) is 7.03. The summed E-state index contributed by atoms with van der Waals surface area (Å²) < 4.78 is 16.4. The van der Waals surface area contributed by atoms with Gasteiger partial charge in [-0.2, -0.15) is 0 Å². The summed E-state index contributed by atoms with van der Waals surface area (Å²) in [5, 5.41) is 18.4. The quantitative estimate of drug-likeness (QED) is 0.441. The third-order valence-electron chi connectivity index (χ3n) is 4.79. The van der Waals surface area contributed by atoms with Crippen molar-refractivity contribution in [1.29, 1.82) is 0 Å². The summed E-state index contributed by atoms with van der Waals surface area (Å²) >= 11 is 0. The number of aromatic hydroxyl groups is 1. The molecular weight excluding hydrogens is 396 g/mol. The molecule has 0 saturated heterocycles. The SMILES string of the molecule is COC(Cc1ccc(OCCCOc2ccc(-c3ccc(O)cc3)cc2)cc1)C(=O)O. The van der Waals surface area contributed by atoms with E-state index in [2.05, 4.69) is 0 Å². The van der Waals surface area contributed by atoms with Crippen LogP contribution in [0.4, 0.5) is 0 Å². The standard InChI is InChI=1S/C25H26O6/c1-29-24(25(27)28)17-18-3-11-22(12-4-18)30-15-2-16-31-23-13-7-20(8-14-23)19-5-9-21(26)10-6-19/h3-14,24,26H,2,15-17H2,1H3,(H,27,28). The Morgan fingerprint density at radius 3 is 1.77 bits per heavy atom. The topological polar surface area (TPSA) is 85.2 Å². The molecule has 0 fully saturated rings. The van der Waals surface area contributed by atoms with Crippen LogP contribution in [0.2, 0.25) is 0 Å². The molecule has 0 heterocycles. The number of benzene rings is 3. The van der Waals surface area contributed by atoms with Crippen molar-refractivity contribution in [2.45, 2.75) is 18.9 Å². The number of hydrogen-bond donors (Lipinski definition) is 2. The molecule has 1 atom stereocenters. The molecule has 0 aliphatic rings. The zero-order chi connectivity index (χ0) is 22.1. The summed E-state index contributed by atoms with van der Waals surface area (Å²) in [5.41, 5.74) is 2.96. The van der Waals surface area contributed by atoms with Gasteiger partial charge in [-0.3, -0.25) is 0 Å². The zero-order valence-corrected chi connectivity index (χ0v) is 17.4. The Hall–Kier alpha value is -3.51. The Morgan fingerprint density at radius 2 is 1.29 bits per heavy atom. The Morgan fingerprint density at radius 1 is 0.806 bits per heavy atom. The molecule has 3 rings (SSSR count). The first-order valence-corrected chi connectivity index (χ1v) is 10.0. The van der Waals surface area contributed by atoms with E-state index in [0.717, 1.165) is 34.6 Å². The lowest BCUT2D eigenvalue weighted by molar-refractivity contribution is -0.148. The highest BCUT2D eigenvalue weighted by molar-refractivity contribution is 5.72. The van der Waals surface area contributed by atoms with Gasteiger partial charge in [0, 0.05) is 20.0 Å². The molecule has 6 nitrogen and oxygen atoms in total. The number of ether oxygens (including phenoxy) is 3. The molecule has 162 valence electrons. The maximum Gasteiger partial charge on any atom is 0.333 e. The minimum absolute atomic E-state index is 0.250. The van der Waals surface area contributed by atoms with E-state index in [0.29, 0.717) is 19.6 Å². The molecule has 0 aliphatic heterocycles. The van der Waals surface area contributed by atoms with Crippen LogP contribution in [-0.2, 0) is 16.0 Å². The van der Waals surface area contributed by atoms with E-state index in [-0.39, 0.29) is 5.75 Å². The number of aliphatic carboxylic acids is 1. The lowest BCUT2D eigenvalue weighted by Gasteiger charge is -2.11. The number of rotatable bonds is 11. The number of hydrogen-bond acceptors (Lipinski definition) is 5. The normalized spacial score (nSPS) is 11.6. The summed E-state index contributed by atoms with van der Waals surface area (Å²) in [5.74, 6) is 0.793. The minimum Gasteiger partial charge on any atom is -0.508 e. The fourth-order valence-electron chi connectivity index (χ4n) is 3.04. The van der Waals surface area contributed by atoms with Crippen LogP contribution >= 0.6 is 0 Å². The van der Waals surface area contributed by atoms with Crippen molar-refractivity contribution in [3.05, 3.63) is 78.4 Å². The summed E-state index contributed by atoms with van der Waals surface area (Å²) in [6, 6.07) is 22.2. The summed E-state index contributed by atoms with van der Waals surface area (Å²) in [4.78, 5) is 11.0. The molecule has 0 bridgehead atoms. The number of carbonyl (C=O) groups is 1. The van der Waals surface area contributed by atoms with Gasteiger partial charge in [-0.05, 0) is 53.1 Å². The summed E-state index contributed by atoms with van der Waals surface area (Å²) in [7, 11) is 1.39. The van der Waals surface area contributed by atoms with Crippen LogP contribution in [0.15, 0.2) is 72.8 Å². The van der Waals surface area contributed by atoms with Crippen LogP contribution < -0.4 is 9.47 Å². The maximum absolute atomic E-state index is 11.0. The van der Waals surface area contributed by atoms with Gasteiger partial charge >= 0.3 is 5.97 Å². The second-order valence-electron chi connectivity index (χ2n) is 7.03. The molecule has 3 aromatic carbocycles. The average Bonchev–Trinajstić information content (AvgIpc) is 2.79. The van der Waals surface area contributed by atoms with E-state index < -0.39 is 12.1 Å². The first-order chi connectivity index (χ1) is 15.0. The van der Waals surface area contributed by atoms with Gasteiger partial charge < -0.3 is 24.4 Å². The average molecular weight is 422 g/mol. The van der Waals surface area contributed by atoms with E-state index in [1.165, 1.54) is 7.11 Å². The Bertz CT molecular complexity index is 949. The first-order valence-electron chi connectivity index (χ1n) is 10.0. The number of phenolic OH excluding ortho intramolecular Hbond substituents is 1. The highest BCUT2D eigenvalue weighted by Crippen LogP contribution is 2.24. The van der Waals surface area contributed by atoms with Crippen LogP contribution in [0.1, 0.15) is 12.0 Å². The fourth-order valence-corrected chi connectivity index (χ4v) is 3.04. The first kappa shape index (κ1) is 22.2. The largest absolute Gasteiger partial charge is 0.508 e. The monoisotopic (exact) mass is 422 g/mol. The molecule has 0 saturated carbocycles. The number of phenols is 1. The van der Waals surface area contributed by atoms with Gasteiger partial charge in [0.1, 0.15) is 17.2 Å². The molecule has 1 unspecified atom stereocenters. The van der Waals surface area contributed by atoms with Crippen LogP contribution in [-0.4, -0.2) is 42.6 Å². The zero-order valence-electron chi connectivity index (χ0n) is 17.4. The van der Waals surface area contributed by atoms with Gasteiger partial charge in [0.2, 0.25) is 0 Å². The van der Waals surface area contributed by atoms with Crippen LogP contribution in [0.3, 0.4) is 0 Å². The van der Waals surface area contributed by atoms with Crippen molar-refractivity contribution < 1.29 is 29.2 Å². The number of carboxylic acids is 1. The highest BCUT2D eigenvalue weighted by atomic mass is 16.5. The molecule has 0 spiro atoms. The van der Waals surface area contributed by atoms with E-state index >= 15 is 0 Å². The van der Waals surface area contributed by atoms with Crippen LogP contribution in [0.25, 0.3) is 11.1 Å². The highest BCUT2D eigenvalue weighted by Gasteiger charge is 2.16. The maximum atomic E-state index is 11.0. The van der Waals surface area contributed by atoms with Gasteiger partial charge in [0.15, 0.2) is 6.10 Å². The molecule has 31 heavy (non-hydrogen) atoms. The molecular formula is C25H26O6. The fraction of sp³-hybridized carbons (Fsp3) is 0.240. The van der Waals surface area contributed by atoms with Crippen molar-refractivity contribution >= 4 is 5.97 Å². The van der Waals surface area contributed by atoms with Crippen molar-refractivity contribution in [2.75, 3.05) is 20.3 Å². The molecule has 0 radical (unpaired) electrons. The second kappa shape index (κ2) is 11.0. The van der Waals surface area contributed by atoms with Crippen LogP contribution in [0.5, 0.6) is 17.2 Å². The Labute approximate surface area is 181 Å². The number of methoxy groups -OCH3 is 1. The third-order valence-corrected chi connectivity index (χ3v) is 4.79. The lowest BCUT2D eigenvalue weighted by atomic mass is 10.1. The molecule has 3 aromatic rings. The van der Waals surface area contributed by atoms with Gasteiger partial charge in [-0.25, -0.2) is 4.79 Å². The van der Waals surface area contributed by atoms with E-state index in [4.69, 9.17) is 19.3 Å². The van der Waals surface area contributed by atoms with Gasteiger partial charge in [-0.1, -0.05) is 36.4 Å². The smallest absolute Gasteiger partial charge is 0.333 e. The predicted octanol–water partition coefficient (Wildman–Crippen LogP) is 4.55. The van der Waals surface area contributed by atoms with Crippen molar-refractivity contribution in [2.24, 2.45) is 0 Å². The van der Waals surface area contributed by atoms with E-state index in [1.807, 2.05) is 60.7 Å². The molecule has 0 amide bonds. The van der Waals surface area contributed by atoms with Crippen molar-refractivity contribution in [3.63, 3.8) is 0 Å². The van der Waals surface area contributed by atoms with Gasteiger partial charge in [0.05, 0.1) is 13.2 Å². The summed E-state index contributed by atoms with van der Waals surface area (Å²) in [6.45, 7) is 1.05. The Balaban J connectivity index is 1.38. The molecule has 2 N–H and O–H groups in total. The predicted molar refractivity (Wildman–Crippen MR) is 118 cm³/mol. The lowest BCUT2D eigenvalue weighted by Crippen LogP contribution is -2.24. The molecule has 0 aromatic heterocycles. The molecule has 0 aliphatic carbocycles. The van der Waals surface area contributed by atoms with Gasteiger partial charge in [0.25, 0.3) is 0 Å².